The van der Waals surface area contributed by atoms with Crippen molar-refractivity contribution < 1.29 is 13.9 Å². The Balaban J connectivity index is 1.04. The van der Waals surface area contributed by atoms with Gasteiger partial charge in [-0.1, -0.05) is 30.3 Å². The number of hydrazine groups is 1. The van der Waals surface area contributed by atoms with Gasteiger partial charge in [0.1, 0.15) is 5.82 Å². The summed E-state index contributed by atoms with van der Waals surface area (Å²) in [6.07, 6.45) is 7.19. The van der Waals surface area contributed by atoms with Crippen molar-refractivity contribution in [3.8, 4) is 0 Å². The van der Waals surface area contributed by atoms with Gasteiger partial charge in [-0.2, -0.15) is 0 Å². The maximum absolute atomic E-state index is 14.6. The summed E-state index contributed by atoms with van der Waals surface area (Å²) in [5, 5.41) is 3.26. The number of nitrogens with zero attached hydrogens (tertiary/aromatic N) is 1. The maximum atomic E-state index is 14.6. The number of morpholine rings is 1. The maximum Gasteiger partial charge on any atom is 0.223 e. The van der Waals surface area contributed by atoms with Gasteiger partial charge in [0.05, 0.1) is 37.4 Å². The first-order chi connectivity index (χ1) is 18.2. The molecule has 1 amide bonds. The van der Waals surface area contributed by atoms with E-state index in [0.717, 1.165) is 45.3 Å². The molecule has 2 aromatic carbocycles. The predicted octanol–water partition coefficient (Wildman–Crippen LogP) is 4.39. The lowest BCUT2D eigenvalue weighted by molar-refractivity contribution is -0.127. The summed E-state index contributed by atoms with van der Waals surface area (Å²) >= 11 is 0. The molecule has 5 fully saturated rings. The first-order valence-corrected chi connectivity index (χ1v) is 14.2. The van der Waals surface area contributed by atoms with Crippen molar-refractivity contribution in [3.05, 3.63) is 65.5 Å². The second kappa shape index (κ2) is 9.68. The van der Waals surface area contributed by atoms with Gasteiger partial charge in [-0.05, 0) is 80.5 Å². The number of amides is 1. The molecule has 3 aliphatic heterocycles. The zero-order chi connectivity index (χ0) is 24.9. The van der Waals surface area contributed by atoms with Crippen molar-refractivity contribution in [3.63, 3.8) is 0 Å². The first-order valence-electron chi connectivity index (χ1n) is 14.2. The fourth-order valence-corrected chi connectivity index (χ4v) is 7.41. The van der Waals surface area contributed by atoms with Crippen molar-refractivity contribution in [1.29, 1.82) is 0 Å². The van der Waals surface area contributed by atoms with Gasteiger partial charge in [-0.15, -0.1) is 0 Å². The highest BCUT2D eigenvalue weighted by Crippen LogP contribution is 2.44. The molecule has 2 bridgehead atoms. The Morgan fingerprint density at radius 3 is 2.43 bits per heavy atom. The molecule has 3 N–H and O–H groups in total. The van der Waals surface area contributed by atoms with Crippen LogP contribution in [-0.4, -0.2) is 37.2 Å². The Kier molecular flexibility index (Phi) is 6.18. The lowest BCUT2D eigenvalue weighted by atomic mass is 9.74. The number of carbonyl (C=O) groups is 1. The first kappa shape index (κ1) is 23.6. The van der Waals surface area contributed by atoms with Crippen molar-refractivity contribution in [2.45, 2.75) is 75.2 Å². The van der Waals surface area contributed by atoms with Crippen LogP contribution in [0.3, 0.4) is 0 Å². The third-order valence-electron chi connectivity index (χ3n) is 9.54. The molecule has 3 heterocycles. The van der Waals surface area contributed by atoms with Crippen LogP contribution in [0.2, 0.25) is 0 Å². The lowest BCUT2D eigenvalue weighted by Crippen LogP contribution is -2.45. The third kappa shape index (κ3) is 4.45. The molecular weight excluding hydrogens is 467 g/mol. The molecule has 5 aliphatic rings. The summed E-state index contributed by atoms with van der Waals surface area (Å²) in [7, 11) is 0. The molecule has 2 aliphatic carbocycles. The van der Waals surface area contributed by atoms with Gasteiger partial charge in [0.15, 0.2) is 0 Å². The van der Waals surface area contributed by atoms with Crippen LogP contribution >= 0.6 is 0 Å². The van der Waals surface area contributed by atoms with E-state index in [0.29, 0.717) is 35.5 Å². The van der Waals surface area contributed by atoms with E-state index in [2.05, 4.69) is 45.3 Å². The van der Waals surface area contributed by atoms with Crippen LogP contribution in [0.15, 0.2) is 48.5 Å². The molecule has 2 aromatic rings. The summed E-state index contributed by atoms with van der Waals surface area (Å²) in [6.45, 7) is 1.66. The number of benzene rings is 2. The average molecular weight is 505 g/mol. The van der Waals surface area contributed by atoms with Crippen LogP contribution in [-0.2, 0) is 9.53 Å². The molecule has 2 saturated carbocycles. The minimum absolute atomic E-state index is 0.0401. The number of nitrogens with one attached hydrogen (secondary N) is 3. The van der Waals surface area contributed by atoms with Crippen molar-refractivity contribution in [1.82, 2.24) is 16.2 Å². The van der Waals surface area contributed by atoms with Crippen LogP contribution in [0.5, 0.6) is 0 Å². The quantitative estimate of drug-likeness (QED) is 0.545. The number of anilines is 1. The number of fused-ring (bicyclic) bond motifs is 3. The van der Waals surface area contributed by atoms with Crippen molar-refractivity contribution in [2.75, 3.05) is 18.1 Å². The molecule has 196 valence electrons. The molecule has 0 aromatic heterocycles. The summed E-state index contributed by atoms with van der Waals surface area (Å²) in [5.41, 5.74) is 10.2. The van der Waals surface area contributed by atoms with E-state index in [1.165, 1.54) is 30.2 Å². The highest BCUT2D eigenvalue weighted by molar-refractivity contribution is 5.79. The lowest BCUT2D eigenvalue weighted by Gasteiger charge is -2.37. The van der Waals surface area contributed by atoms with Gasteiger partial charge < -0.3 is 15.0 Å². The second-order valence-electron chi connectivity index (χ2n) is 11.8. The summed E-state index contributed by atoms with van der Waals surface area (Å²) < 4.78 is 20.3. The molecule has 7 heteroatoms. The molecule has 6 unspecified atom stereocenters. The van der Waals surface area contributed by atoms with E-state index >= 15 is 0 Å². The van der Waals surface area contributed by atoms with Crippen LogP contribution in [0.1, 0.15) is 68.2 Å². The van der Waals surface area contributed by atoms with Gasteiger partial charge in [0.2, 0.25) is 5.91 Å². The molecule has 3 saturated heterocycles. The van der Waals surface area contributed by atoms with Gasteiger partial charge in [-0.25, -0.2) is 9.82 Å². The zero-order valence-electron chi connectivity index (χ0n) is 21.2. The Hall–Kier alpha value is -2.48. The van der Waals surface area contributed by atoms with Crippen LogP contribution < -0.4 is 21.1 Å². The Labute approximate surface area is 218 Å². The summed E-state index contributed by atoms with van der Waals surface area (Å²) in [5.74, 6) is 0.521. The molecule has 0 radical (unpaired) electrons. The Morgan fingerprint density at radius 1 is 0.946 bits per heavy atom. The summed E-state index contributed by atoms with van der Waals surface area (Å²) in [4.78, 5) is 16.0. The summed E-state index contributed by atoms with van der Waals surface area (Å²) in [6, 6.07) is 17.3. The standard InChI is InChI=1S/C30H37FN4O2/c31-26-4-2-1-3-24(26)28(18-5-6-18)32-30(36)20-9-14-27-25(15-20)29(34-33-27)19-7-10-21(11-8-19)35-22-12-13-23(35)17-37-16-22/h1-4,7-8,10-11,18,20,22-23,25,27-29,33-34H,5-6,9,12-17H2,(H,32,36)/t20?,22?,23?,25?,27?,28-,29?/m0/s1. The van der Waals surface area contributed by atoms with E-state index in [4.69, 9.17) is 4.74 Å². The molecule has 6 nitrogen and oxygen atoms in total. The van der Waals surface area contributed by atoms with Crippen molar-refractivity contribution in [2.24, 2.45) is 17.8 Å². The highest BCUT2D eigenvalue weighted by atomic mass is 19.1. The topological polar surface area (TPSA) is 65.6 Å². The normalized spacial score (nSPS) is 33.7. The SMILES string of the molecule is O=C(N[C@H](c1ccccc1F)C1CC1)C1CCC2NNC(c3ccc(N4C5CCC4COC5)cc3)C2C1. The van der Waals surface area contributed by atoms with E-state index < -0.39 is 0 Å². The fraction of sp³-hybridized carbons (Fsp3) is 0.567. The van der Waals surface area contributed by atoms with E-state index in [-0.39, 0.29) is 29.7 Å². The van der Waals surface area contributed by atoms with E-state index in [1.807, 2.05) is 12.1 Å². The third-order valence-corrected chi connectivity index (χ3v) is 9.54. The minimum atomic E-state index is -0.221. The number of ether oxygens (including phenoxy) is 1. The predicted molar refractivity (Wildman–Crippen MR) is 140 cm³/mol. The number of carbonyl (C=O) groups excluding carboxylic acids is 1. The van der Waals surface area contributed by atoms with Gasteiger partial charge >= 0.3 is 0 Å². The molecule has 37 heavy (non-hydrogen) atoms. The highest BCUT2D eigenvalue weighted by Gasteiger charge is 2.44. The minimum Gasteiger partial charge on any atom is -0.377 e. The smallest absolute Gasteiger partial charge is 0.223 e. The molecule has 7 atom stereocenters. The van der Waals surface area contributed by atoms with Gasteiger partial charge in [0, 0.05) is 23.2 Å². The number of hydrogen-bond donors (Lipinski definition) is 3. The molecular formula is C30H37FN4O2. The van der Waals surface area contributed by atoms with Crippen LogP contribution in [0, 0.1) is 23.6 Å². The molecule has 0 spiro atoms. The number of hydrogen-bond acceptors (Lipinski definition) is 5. The fourth-order valence-electron chi connectivity index (χ4n) is 7.41. The van der Waals surface area contributed by atoms with Gasteiger partial charge in [-0.3, -0.25) is 10.2 Å². The second-order valence-corrected chi connectivity index (χ2v) is 11.8. The zero-order valence-corrected chi connectivity index (χ0v) is 21.2. The molecule has 7 rings (SSSR count). The number of rotatable bonds is 6. The average Bonchev–Trinajstić information content (AvgIpc) is 3.63. The largest absolute Gasteiger partial charge is 0.377 e. The number of halogens is 1. The van der Waals surface area contributed by atoms with Crippen LogP contribution in [0.25, 0.3) is 0 Å². The van der Waals surface area contributed by atoms with Gasteiger partial charge in [0.25, 0.3) is 0 Å². The monoisotopic (exact) mass is 504 g/mol. The van der Waals surface area contributed by atoms with Crippen molar-refractivity contribution >= 4 is 11.6 Å². The van der Waals surface area contributed by atoms with Crippen LogP contribution in [0.4, 0.5) is 10.1 Å². The van der Waals surface area contributed by atoms with E-state index in [9.17, 15) is 9.18 Å². The van der Waals surface area contributed by atoms with E-state index in [1.54, 1.807) is 6.07 Å². The Morgan fingerprint density at radius 2 is 1.70 bits per heavy atom. The Bertz CT molecular complexity index is 1120.